The number of halogens is 1. The van der Waals surface area contributed by atoms with Crippen molar-refractivity contribution in [1.29, 1.82) is 0 Å². The molecule has 1 N–H and O–H groups in total. The Morgan fingerprint density at radius 2 is 1.89 bits per heavy atom. The molecule has 0 bridgehead atoms. The fraction of sp³-hybridized carbons (Fsp3) is 0.500. The van der Waals surface area contributed by atoms with Crippen molar-refractivity contribution in [3.05, 3.63) is 23.8 Å². The first-order valence-corrected chi connectivity index (χ1v) is 6.53. The Morgan fingerprint density at radius 1 is 1.26 bits per heavy atom. The maximum atomic E-state index is 12.0. The van der Waals surface area contributed by atoms with Gasteiger partial charge in [-0.05, 0) is 23.6 Å². The van der Waals surface area contributed by atoms with Crippen LogP contribution < -0.4 is 14.8 Å². The Kier molecular flexibility index (Phi) is 5.48. The summed E-state index contributed by atoms with van der Waals surface area (Å²) in [4.78, 5) is 12.0. The summed E-state index contributed by atoms with van der Waals surface area (Å²) in [5, 5.41) is 2.86. The first kappa shape index (κ1) is 15.6. The number of benzene rings is 1. The minimum absolute atomic E-state index is 0.131. The number of carbonyl (C=O) groups excluding carboxylic acids is 1. The Bertz CT molecular complexity index is 446. The molecular weight excluding hydrogens is 266 g/mol. The van der Waals surface area contributed by atoms with Crippen molar-refractivity contribution in [1.82, 2.24) is 5.32 Å². The number of hydrogen-bond acceptors (Lipinski definition) is 3. The standard InChI is InChI=1S/C14H20ClNO3/c1-14(2,8-15)9-16-13(17)10-5-6-11(18-3)12(7-10)19-4/h5-7H,8-9H2,1-4H3,(H,16,17). The third kappa shape index (κ3) is 4.31. The molecule has 106 valence electrons. The molecule has 0 heterocycles. The van der Waals surface area contributed by atoms with Gasteiger partial charge in [0.05, 0.1) is 14.2 Å². The van der Waals surface area contributed by atoms with Crippen molar-refractivity contribution >= 4 is 17.5 Å². The van der Waals surface area contributed by atoms with E-state index in [0.29, 0.717) is 29.5 Å². The topological polar surface area (TPSA) is 47.6 Å². The minimum atomic E-state index is -0.154. The highest BCUT2D eigenvalue weighted by atomic mass is 35.5. The van der Waals surface area contributed by atoms with Crippen LogP contribution in [0.3, 0.4) is 0 Å². The number of carbonyl (C=O) groups is 1. The van der Waals surface area contributed by atoms with Crippen LogP contribution in [0.25, 0.3) is 0 Å². The zero-order valence-electron chi connectivity index (χ0n) is 11.7. The molecule has 1 amide bonds. The molecule has 0 unspecified atom stereocenters. The van der Waals surface area contributed by atoms with Gasteiger partial charge in [0.15, 0.2) is 11.5 Å². The summed E-state index contributed by atoms with van der Waals surface area (Å²) in [5.41, 5.74) is 0.399. The van der Waals surface area contributed by atoms with Crippen molar-refractivity contribution in [3.8, 4) is 11.5 Å². The molecule has 0 aromatic heterocycles. The van der Waals surface area contributed by atoms with E-state index in [1.165, 1.54) is 7.11 Å². The van der Waals surface area contributed by atoms with Crippen molar-refractivity contribution in [2.75, 3.05) is 26.6 Å². The highest BCUT2D eigenvalue weighted by molar-refractivity contribution is 6.18. The van der Waals surface area contributed by atoms with Gasteiger partial charge in [-0.25, -0.2) is 0 Å². The predicted octanol–water partition coefficient (Wildman–Crippen LogP) is 2.70. The summed E-state index contributed by atoms with van der Waals surface area (Å²) in [7, 11) is 3.09. The summed E-state index contributed by atoms with van der Waals surface area (Å²) >= 11 is 5.82. The van der Waals surface area contributed by atoms with Crippen molar-refractivity contribution in [3.63, 3.8) is 0 Å². The molecule has 4 nitrogen and oxygen atoms in total. The van der Waals surface area contributed by atoms with E-state index in [-0.39, 0.29) is 11.3 Å². The molecule has 1 aromatic rings. The average Bonchev–Trinajstić information content (AvgIpc) is 2.44. The van der Waals surface area contributed by atoms with E-state index < -0.39 is 0 Å². The van der Waals surface area contributed by atoms with E-state index in [1.807, 2.05) is 13.8 Å². The first-order valence-electron chi connectivity index (χ1n) is 5.99. The lowest BCUT2D eigenvalue weighted by Crippen LogP contribution is -2.34. The second-order valence-corrected chi connectivity index (χ2v) is 5.32. The van der Waals surface area contributed by atoms with E-state index in [0.717, 1.165) is 0 Å². The monoisotopic (exact) mass is 285 g/mol. The molecule has 0 saturated heterocycles. The Morgan fingerprint density at radius 3 is 2.42 bits per heavy atom. The van der Waals surface area contributed by atoms with Gasteiger partial charge in [0.2, 0.25) is 0 Å². The SMILES string of the molecule is COc1ccc(C(=O)NCC(C)(C)CCl)cc1OC. The lowest BCUT2D eigenvalue weighted by molar-refractivity contribution is 0.0939. The lowest BCUT2D eigenvalue weighted by Gasteiger charge is -2.21. The zero-order valence-corrected chi connectivity index (χ0v) is 12.5. The number of alkyl halides is 1. The Hall–Kier alpha value is -1.42. The van der Waals surface area contributed by atoms with Crippen LogP contribution in [-0.4, -0.2) is 32.6 Å². The first-order chi connectivity index (χ1) is 8.93. The molecule has 0 aliphatic heterocycles. The highest BCUT2D eigenvalue weighted by Gasteiger charge is 2.18. The van der Waals surface area contributed by atoms with Gasteiger partial charge in [0.25, 0.3) is 5.91 Å². The maximum Gasteiger partial charge on any atom is 0.251 e. The maximum absolute atomic E-state index is 12.0. The number of amides is 1. The van der Waals surface area contributed by atoms with E-state index in [2.05, 4.69) is 5.32 Å². The van der Waals surface area contributed by atoms with Crippen molar-refractivity contribution in [2.45, 2.75) is 13.8 Å². The molecule has 0 fully saturated rings. The summed E-state index contributed by atoms with van der Waals surface area (Å²) in [6, 6.07) is 5.06. The molecular formula is C14H20ClNO3. The van der Waals surface area contributed by atoms with Crippen LogP contribution in [0, 0.1) is 5.41 Å². The summed E-state index contributed by atoms with van der Waals surface area (Å²) < 4.78 is 10.3. The zero-order chi connectivity index (χ0) is 14.5. The third-order valence-corrected chi connectivity index (χ3v) is 3.46. The normalized spacial score (nSPS) is 11.0. The Balaban J connectivity index is 2.78. The summed E-state index contributed by atoms with van der Waals surface area (Å²) in [6.07, 6.45) is 0. The molecule has 0 saturated carbocycles. The van der Waals surface area contributed by atoms with Crippen molar-refractivity contribution in [2.24, 2.45) is 5.41 Å². The van der Waals surface area contributed by atoms with Gasteiger partial charge in [-0.1, -0.05) is 13.8 Å². The van der Waals surface area contributed by atoms with Gasteiger partial charge in [-0.3, -0.25) is 4.79 Å². The number of ether oxygens (including phenoxy) is 2. The van der Waals surface area contributed by atoms with E-state index in [4.69, 9.17) is 21.1 Å². The average molecular weight is 286 g/mol. The second kappa shape index (κ2) is 6.66. The molecule has 5 heteroatoms. The highest BCUT2D eigenvalue weighted by Crippen LogP contribution is 2.27. The molecule has 19 heavy (non-hydrogen) atoms. The minimum Gasteiger partial charge on any atom is -0.493 e. The van der Waals surface area contributed by atoms with E-state index >= 15 is 0 Å². The van der Waals surface area contributed by atoms with Gasteiger partial charge in [0.1, 0.15) is 0 Å². The molecule has 1 rings (SSSR count). The fourth-order valence-electron chi connectivity index (χ4n) is 1.45. The molecule has 0 aliphatic rings. The van der Waals surface area contributed by atoms with Gasteiger partial charge in [-0.2, -0.15) is 0 Å². The molecule has 1 aromatic carbocycles. The fourth-order valence-corrected chi connectivity index (χ4v) is 1.54. The quantitative estimate of drug-likeness (QED) is 0.818. The molecule has 0 atom stereocenters. The summed E-state index contributed by atoms with van der Waals surface area (Å²) in [6.45, 7) is 4.51. The summed E-state index contributed by atoms with van der Waals surface area (Å²) in [5.74, 6) is 1.46. The lowest BCUT2D eigenvalue weighted by atomic mass is 9.96. The van der Waals surface area contributed by atoms with Crippen LogP contribution in [-0.2, 0) is 0 Å². The predicted molar refractivity (Wildman–Crippen MR) is 76.4 cm³/mol. The van der Waals surface area contributed by atoms with Crippen LogP contribution in [0.2, 0.25) is 0 Å². The smallest absolute Gasteiger partial charge is 0.251 e. The number of hydrogen-bond donors (Lipinski definition) is 1. The molecule has 0 radical (unpaired) electrons. The Labute approximate surface area is 119 Å². The second-order valence-electron chi connectivity index (χ2n) is 5.05. The van der Waals surface area contributed by atoms with Crippen molar-refractivity contribution < 1.29 is 14.3 Å². The number of rotatable bonds is 6. The van der Waals surface area contributed by atoms with Gasteiger partial charge in [0, 0.05) is 18.0 Å². The van der Waals surface area contributed by atoms with E-state index in [9.17, 15) is 4.79 Å². The van der Waals surface area contributed by atoms with Crippen LogP contribution in [0.4, 0.5) is 0 Å². The van der Waals surface area contributed by atoms with Crippen LogP contribution >= 0.6 is 11.6 Å². The van der Waals surface area contributed by atoms with Gasteiger partial charge < -0.3 is 14.8 Å². The third-order valence-electron chi connectivity index (χ3n) is 2.73. The van der Waals surface area contributed by atoms with Crippen LogP contribution in [0.15, 0.2) is 18.2 Å². The number of methoxy groups -OCH3 is 2. The molecule has 0 aliphatic carbocycles. The van der Waals surface area contributed by atoms with Crippen LogP contribution in [0.1, 0.15) is 24.2 Å². The van der Waals surface area contributed by atoms with E-state index in [1.54, 1.807) is 25.3 Å². The molecule has 0 spiro atoms. The number of nitrogens with one attached hydrogen (secondary N) is 1. The van der Waals surface area contributed by atoms with Gasteiger partial charge >= 0.3 is 0 Å². The largest absolute Gasteiger partial charge is 0.493 e. The van der Waals surface area contributed by atoms with Crippen LogP contribution in [0.5, 0.6) is 11.5 Å². The van der Waals surface area contributed by atoms with Gasteiger partial charge in [-0.15, -0.1) is 11.6 Å².